The highest BCUT2D eigenvalue weighted by atomic mass is 79.9. The third-order valence-electron chi connectivity index (χ3n) is 2.17. The van der Waals surface area contributed by atoms with E-state index in [0.29, 0.717) is 19.6 Å². The van der Waals surface area contributed by atoms with Crippen molar-refractivity contribution < 1.29 is 9.84 Å². The molecule has 0 aliphatic carbocycles. The van der Waals surface area contributed by atoms with E-state index in [0.717, 1.165) is 10.3 Å². The summed E-state index contributed by atoms with van der Waals surface area (Å²) in [5.41, 5.74) is -0.710. The zero-order chi connectivity index (χ0) is 12.0. The predicted octanol–water partition coefficient (Wildman–Crippen LogP) is 2.04. The first-order valence-electron chi connectivity index (χ1n) is 5.20. The SMILES string of the molecule is COCCNCC(C)(O)Cc1ccc(Br)s1. The fraction of sp³-hybridized carbons (Fsp3) is 0.636. The Kier molecular flexibility index (Phi) is 5.92. The maximum Gasteiger partial charge on any atom is 0.0791 e. The lowest BCUT2D eigenvalue weighted by Crippen LogP contribution is -2.40. The van der Waals surface area contributed by atoms with Crippen LogP contribution >= 0.6 is 27.3 Å². The number of aliphatic hydroxyl groups is 1. The molecule has 16 heavy (non-hydrogen) atoms. The molecule has 0 amide bonds. The van der Waals surface area contributed by atoms with E-state index in [1.54, 1.807) is 18.4 Å². The fourth-order valence-corrected chi connectivity index (χ4v) is 3.08. The van der Waals surface area contributed by atoms with Gasteiger partial charge in [-0.15, -0.1) is 11.3 Å². The van der Waals surface area contributed by atoms with Crippen LogP contribution in [0.25, 0.3) is 0 Å². The largest absolute Gasteiger partial charge is 0.388 e. The van der Waals surface area contributed by atoms with Crippen molar-refractivity contribution in [2.75, 3.05) is 26.8 Å². The van der Waals surface area contributed by atoms with E-state index in [-0.39, 0.29) is 0 Å². The molecule has 1 atom stereocenters. The van der Waals surface area contributed by atoms with Gasteiger partial charge < -0.3 is 15.2 Å². The molecule has 2 N–H and O–H groups in total. The molecule has 1 heterocycles. The van der Waals surface area contributed by atoms with Gasteiger partial charge >= 0.3 is 0 Å². The minimum absolute atomic E-state index is 0.575. The molecular formula is C11H18BrNO2S. The summed E-state index contributed by atoms with van der Waals surface area (Å²) < 4.78 is 6.03. The molecule has 1 aromatic heterocycles. The van der Waals surface area contributed by atoms with Gasteiger partial charge in [-0.2, -0.15) is 0 Å². The smallest absolute Gasteiger partial charge is 0.0791 e. The van der Waals surface area contributed by atoms with Gasteiger partial charge in [0.2, 0.25) is 0 Å². The molecule has 1 aromatic rings. The maximum absolute atomic E-state index is 10.2. The van der Waals surface area contributed by atoms with E-state index in [1.165, 1.54) is 4.88 Å². The lowest BCUT2D eigenvalue weighted by atomic mass is 10.0. The minimum Gasteiger partial charge on any atom is -0.388 e. The molecule has 92 valence electrons. The second-order valence-corrected chi connectivity index (χ2v) is 6.60. The average molecular weight is 308 g/mol. The number of rotatable bonds is 7. The highest BCUT2D eigenvalue weighted by Gasteiger charge is 2.21. The second kappa shape index (κ2) is 6.71. The molecule has 0 radical (unpaired) electrons. The molecule has 0 aromatic carbocycles. The zero-order valence-electron chi connectivity index (χ0n) is 9.62. The summed E-state index contributed by atoms with van der Waals surface area (Å²) in [7, 11) is 1.67. The molecular weight excluding hydrogens is 290 g/mol. The molecule has 1 rings (SSSR count). The van der Waals surface area contributed by atoms with E-state index >= 15 is 0 Å². The summed E-state index contributed by atoms with van der Waals surface area (Å²) in [6, 6.07) is 4.05. The highest BCUT2D eigenvalue weighted by molar-refractivity contribution is 9.11. The Balaban J connectivity index is 2.33. The van der Waals surface area contributed by atoms with Crippen molar-refractivity contribution in [1.82, 2.24) is 5.32 Å². The highest BCUT2D eigenvalue weighted by Crippen LogP contribution is 2.25. The van der Waals surface area contributed by atoms with E-state index in [4.69, 9.17) is 4.74 Å². The summed E-state index contributed by atoms with van der Waals surface area (Å²) in [5, 5.41) is 13.3. The number of thiophene rings is 1. The van der Waals surface area contributed by atoms with Gasteiger partial charge in [-0.05, 0) is 35.0 Å². The van der Waals surface area contributed by atoms with Crippen LogP contribution < -0.4 is 5.32 Å². The Morgan fingerprint density at radius 3 is 2.88 bits per heavy atom. The summed E-state index contributed by atoms with van der Waals surface area (Å²) >= 11 is 5.08. The van der Waals surface area contributed by atoms with Crippen molar-refractivity contribution in [2.24, 2.45) is 0 Å². The van der Waals surface area contributed by atoms with E-state index in [9.17, 15) is 5.11 Å². The van der Waals surface area contributed by atoms with Crippen LogP contribution in [0.4, 0.5) is 0 Å². The maximum atomic E-state index is 10.2. The molecule has 0 saturated carbocycles. The quantitative estimate of drug-likeness (QED) is 0.758. The fourth-order valence-electron chi connectivity index (χ4n) is 1.42. The molecule has 5 heteroatoms. The summed E-state index contributed by atoms with van der Waals surface area (Å²) in [6.45, 7) is 3.85. The van der Waals surface area contributed by atoms with Crippen LogP contribution in [0.5, 0.6) is 0 Å². The Hall–Kier alpha value is 0.0600. The Morgan fingerprint density at radius 2 is 2.31 bits per heavy atom. The van der Waals surface area contributed by atoms with Crippen LogP contribution in [0.2, 0.25) is 0 Å². The zero-order valence-corrected chi connectivity index (χ0v) is 12.0. The molecule has 0 bridgehead atoms. The molecule has 0 spiro atoms. The molecule has 3 nitrogen and oxygen atoms in total. The lowest BCUT2D eigenvalue weighted by molar-refractivity contribution is 0.0589. The first-order valence-corrected chi connectivity index (χ1v) is 6.81. The summed E-state index contributed by atoms with van der Waals surface area (Å²) in [5.74, 6) is 0. The van der Waals surface area contributed by atoms with E-state index in [2.05, 4.69) is 21.2 Å². The van der Waals surface area contributed by atoms with Gasteiger partial charge in [0.25, 0.3) is 0 Å². The monoisotopic (exact) mass is 307 g/mol. The first-order chi connectivity index (χ1) is 7.53. The topological polar surface area (TPSA) is 41.5 Å². The lowest BCUT2D eigenvalue weighted by Gasteiger charge is -2.23. The third-order valence-corrected chi connectivity index (χ3v) is 3.80. The number of hydrogen-bond acceptors (Lipinski definition) is 4. The van der Waals surface area contributed by atoms with Crippen molar-refractivity contribution >= 4 is 27.3 Å². The van der Waals surface area contributed by atoms with Crippen LogP contribution in [0, 0.1) is 0 Å². The van der Waals surface area contributed by atoms with Gasteiger partial charge in [0.05, 0.1) is 16.0 Å². The van der Waals surface area contributed by atoms with Gasteiger partial charge in [-0.25, -0.2) is 0 Å². The number of hydrogen-bond donors (Lipinski definition) is 2. The summed E-state index contributed by atoms with van der Waals surface area (Å²) in [4.78, 5) is 1.19. The molecule has 0 aliphatic rings. The Bertz CT molecular complexity index is 315. The average Bonchev–Trinajstić information content (AvgIpc) is 2.58. The van der Waals surface area contributed by atoms with Crippen molar-refractivity contribution in [3.8, 4) is 0 Å². The van der Waals surface area contributed by atoms with Crippen molar-refractivity contribution in [2.45, 2.75) is 18.9 Å². The molecule has 0 aliphatic heterocycles. The molecule has 0 saturated heterocycles. The number of methoxy groups -OCH3 is 1. The van der Waals surface area contributed by atoms with Crippen LogP contribution in [-0.2, 0) is 11.2 Å². The van der Waals surface area contributed by atoms with Crippen molar-refractivity contribution in [3.63, 3.8) is 0 Å². The van der Waals surface area contributed by atoms with Crippen molar-refractivity contribution in [3.05, 3.63) is 20.8 Å². The number of ether oxygens (including phenoxy) is 1. The van der Waals surface area contributed by atoms with E-state index in [1.807, 2.05) is 19.1 Å². The standard InChI is InChI=1S/C11H18BrNO2S/c1-11(14,8-13-5-6-15-2)7-9-3-4-10(12)16-9/h3-4,13-14H,5-8H2,1-2H3. The van der Waals surface area contributed by atoms with Gasteiger partial charge in [-0.3, -0.25) is 0 Å². The normalized spacial score (nSPS) is 15.0. The van der Waals surface area contributed by atoms with Crippen molar-refractivity contribution in [1.29, 1.82) is 0 Å². The summed E-state index contributed by atoms with van der Waals surface area (Å²) in [6.07, 6.45) is 0.670. The molecule has 1 unspecified atom stereocenters. The molecule has 0 fully saturated rings. The Morgan fingerprint density at radius 1 is 1.56 bits per heavy atom. The van der Waals surface area contributed by atoms with Gasteiger partial charge in [0.15, 0.2) is 0 Å². The van der Waals surface area contributed by atoms with Gasteiger partial charge in [0.1, 0.15) is 0 Å². The van der Waals surface area contributed by atoms with Gasteiger partial charge in [0, 0.05) is 31.5 Å². The van der Waals surface area contributed by atoms with Crippen LogP contribution in [-0.4, -0.2) is 37.5 Å². The second-order valence-electron chi connectivity index (χ2n) is 4.05. The van der Waals surface area contributed by atoms with Crippen LogP contribution in [0.15, 0.2) is 15.9 Å². The third kappa shape index (κ3) is 5.41. The Labute approximate surface area is 109 Å². The van der Waals surface area contributed by atoms with Gasteiger partial charge in [-0.1, -0.05) is 0 Å². The van der Waals surface area contributed by atoms with Crippen LogP contribution in [0.1, 0.15) is 11.8 Å². The van der Waals surface area contributed by atoms with Crippen LogP contribution in [0.3, 0.4) is 0 Å². The number of halogens is 1. The number of nitrogens with one attached hydrogen (secondary N) is 1. The van der Waals surface area contributed by atoms with E-state index < -0.39 is 5.60 Å². The minimum atomic E-state index is -0.710. The predicted molar refractivity (Wildman–Crippen MR) is 71.1 cm³/mol. The first kappa shape index (κ1) is 14.1.